The SMILES string of the molecule is COc1cc2c(cc1OP(=O)([O-])[O-])C=C(C(=O)c1cc(OC)c(OC)c(OC)c1)CO2. The van der Waals surface area contributed by atoms with Gasteiger partial charge < -0.3 is 42.6 Å². The van der Waals surface area contributed by atoms with Crippen molar-refractivity contribution < 1.29 is 47.4 Å². The first-order valence-electron chi connectivity index (χ1n) is 8.82. The van der Waals surface area contributed by atoms with Crippen LogP contribution in [0.1, 0.15) is 15.9 Å². The van der Waals surface area contributed by atoms with Gasteiger partial charge in [-0.25, -0.2) is 0 Å². The number of carbonyl (C=O) groups is 1. The quantitative estimate of drug-likeness (QED) is 0.431. The predicted octanol–water partition coefficient (Wildman–Crippen LogP) is 1.59. The van der Waals surface area contributed by atoms with Crippen LogP contribution in [0, 0.1) is 0 Å². The van der Waals surface area contributed by atoms with Crippen LogP contribution in [0.2, 0.25) is 0 Å². The molecule has 0 aliphatic carbocycles. The molecule has 0 fully saturated rings. The highest BCUT2D eigenvalue weighted by molar-refractivity contribution is 7.43. The van der Waals surface area contributed by atoms with Crippen LogP contribution in [0.15, 0.2) is 29.8 Å². The summed E-state index contributed by atoms with van der Waals surface area (Å²) in [5.74, 6) is 0.609. The van der Waals surface area contributed by atoms with Crippen molar-refractivity contribution in [1.82, 2.24) is 0 Å². The first kappa shape index (κ1) is 22.5. The molecule has 0 unspecified atom stereocenters. The summed E-state index contributed by atoms with van der Waals surface area (Å²) in [7, 11) is 0.286. The topological polar surface area (TPSA) is 136 Å². The highest BCUT2D eigenvalue weighted by atomic mass is 31.2. The van der Waals surface area contributed by atoms with E-state index in [1.54, 1.807) is 0 Å². The molecule has 0 saturated carbocycles. The number of Topliss-reactive ketones (excluding diaryl/α,β-unsaturated/α-hetero) is 1. The predicted molar refractivity (Wildman–Crippen MR) is 105 cm³/mol. The second-order valence-electron chi connectivity index (χ2n) is 6.28. The van der Waals surface area contributed by atoms with Crippen molar-refractivity contribution in [2.24, 2.45) is 0 Å². The van der Waals surface area contributed by atoms with E-state index in [4.69, 9.17) is 23.7 Å². The van der Waals surface area contributed by atoms with Crippen LogP contribution in [-0.2, 0) is 4.57 Å². The van der Waals surface area contributed by atoms with E-state index in [9.17, 15) is 19.1 Å². The Morgan fingerprint density at radius 1 is 0.903 bits per heavy atom. The zero-order valence-electron chi connectivity index (χ0n) is 17.1. The van der Waals surface area contributed by atoms with Gasteiger partial charge in [-0.1, -0.05) is 0 Å². The number of hydrogen-bond acceptors (Lipinski definition) is 10. The summed E-state index contributed by atoms with van der Waals surface area (Å²) in [5, 5.41) is 0. The average Bonchev–Trinajstić information content (AvgIpc) is 2.75. The minimum absolute atomic E-state index is 0.00141. The van der Waals surface area contributed by atoms with Crippen LogP contribution in [-0.4, -0.2) is 40.8 Å². The molecular formula is C20H19O10P-2. The van der Waals surface area contributed by atoms with Gasteiger partial charge in [0.15, 0.2) is 28.8 Å². The van der Waals surface area contributed by atoms with Crippen molar-refractivity contribution in [3.63, 3.8) is 0 Å². The highest BCUT2D eigenvalue weighted by Crippen LogP contribution is 2.43. The molecule has 1 heterocycles. The summed E-state index contributed by atoms with van der Waals surface area (Å²) in [6.07, 6.45) is 1.51. The van der Waals surface area contributed by atoms with Gasteiger partial charge in [0.25, 0.3) is 0 Å². The molecule has 2 aromatic rings. The molecular weight excluding hydrogens is 431 g/mol. The normalized spacial score (nSPS) is 12.8. The van der Waals surface area contributed by atoms with Crippen molar-refractivity contribution >= 4 is 19.7 Å². The maximum Gasteiger partial charge on any atom is 0.203 e. The molecule has 0 N–H and O–H groups in total. The lowest BCUT2D eigenvalue weighted by atomic mass is 9.98. The van der Waals surface area contributed by atoms with Gasteiger partial charge in [0.05, 0.1) is 28.4 Å². The Labute approximate surface area is 178 Å². The van der Waals surface area contributed by atoms with Crippen molar-refractivity contribution in [2.75, 3.05) is 35.0 Å². The Balaban J connectivity index is 2.02. The van der Waals surface area contributed by atoms with E-state index in [0.717, 1.165) is 0 Å². The van der Waals surface area contributed by atoms with Gasteiger partial charge in [-0.15, -0.1) is 0 Å². The molecule has 0 aromatic heterocycles. The van der Waals surface area contributed by atoms with E-state index < -0.39 is 7.82 Å². The molecule has 1 aliphatic rings. The second kappa shape index (κ2) is 8.89. The number of benzene rings is 2. The number of rotatable bonds is 8. The molecule has 3 rings (SSSR count). The van der Waals surface area contributed by atoms with E-state index in [2.05, 4.69) is 4.52 Å². The number of phosphoric acid groups is 1. The fourth-order valence-corrected chi connectivity index (χ4v) is 3.44. The molecule has 0 radical (unpaired) electrons. The Morgan fingerprint density at radius 2 is 1.52 bits per heavy atom. The summed E-state index contributed by atoms with van der Waals surface area (Å²) in [6, 6.07) is 5.64. The van der Waals surface area contributed by atoms with Crippen LogP contribution in [0.25, 0.3) is 6.08 Å². The van der Waals surface area contributed by atoms with E-state index in [1.807, 2.05) is 0 Å². The van der Waals surface area contributed by atoms with Crippen molar-refractivity contribution in [3.05, 3.63) is 41.0 Å². The minimum Gasteiger partial charge on any atom is -0.780 e. The lowest BCUT2D eigenvalue weighted by Crippen LogP contribution is -2.19. The summed E-state index contributed by atoms with van der Waals surface area (Å²) in [4.78, 5) is 35.1. The molecule has 10 nitrogen and oxygen atoms in total. The molecule has 0 saturated heterocycles. The zero-order chi connectivity index (χ0) is 22.8. The smallest absolute Gasteiger partial charge is 0.203 e. The van der Waals surface area contributed by atoms with Gasteiger partial charge >= 0.3 is 0 Å². The van der Waals surface area contributed by atoms with E-state index in [0.29, 0.717) is 28.6 Å². The molecule has 1 aliphatic heterocycles. The number of methoxy groups -OCH3 is 4. The summed E-state index contributed by atoms with van der Waals surface area (Å²) in [6.45, 7) is -0.0482. The zero-order valence-corrected chi connectivity index (χ0v) is 18.0. The molecule has 0 spiro atoms. The Hall–Kier alpha value is -3.20. The van der Waals surface area contributed by atoms with Crippen molar-refractivity contribution in [3.8, 4) is 34.5 Å². The number of carbonyl (C=O) groups excluding carboxylic acids is 1. The first-order chi connectivity index (χ1) is 14.7. The number of ether oxygens (including phenoxy) is 5. The van der Waals surface area contributed by atoms with Gasteiger partial charge in [-0.05, 0) is 24.3 Å². The Morgan fingerprint density at radius 3 is 2.03 bits per heavy atom. The Bertz CT molecular complexity index is 1060. The van der Waals surface area contributed by atoms with Crippen LogP contribution >= 0.6 is 7.82 Å². The fraction of sp³-hybridized carbons (Fsp3) is 0.250. The lowest BCUT2D eigenvalue weighted by Gasteiger charge is -2.30. The molecule has 31 heavy (non-hydrogen) atoms. The minimum atomic E-state index is -5.32. The lowest BCUT2D eigenvalue weighted by molar-refractivity contribution is -0.333. The third kappa shape index (κ3) is 4.77. The molecule has 166 valence electrons. The number of ketones is 1. The van der Waals surface area contributed by atoms with Crippen LogP contribution < -0.4 is 38.0 Å². The van der Waals surface area contributed by atoms with Gasteiger partial charge in [0.1, 0.15) is 20.2 Å². The standard InChI is InChI=1S/C20H21O10P/c1-25-15-9-14-11(6-16(15)30-31(22,23)24)5-13(10-29-14)19(21)12-7-17(26-2)20(28-4)18(8-12)27-3/h5-9H,10H2,1-4H3,(H2,22,23,24)/p-2. The third-order valence-corrected chi connectivity index (χ3v) is 4.86. The maximum atomic E-state index is 13.1. The second-order valence-corrected chi connectivity index (χ2v) is 7.36. The average molecular weight is 450 g/mol. The van der Waals surface area contributed by atoms with E-state index >= 15 is 0 Å². The van der Waals surface area contributed by atoms with Crippen molar-refractivity contribution in [1.29, 1.82) is 0 Å². The highest BCUT2D eigenvalue weighted by Gasteiger charge is 2.24. The number of phosphoric ester groups is 1. The van der Waals surface area contributed by atoms with Gasteiger partial charge in [-0.3, -0.25) is 4.79 Å². The van der Waals surface area contributed by atoms with E-state index in [1.165, 1.54) is 58.8 Å². The summed E-state index contributed by atoms with van der Waals surface area (Å²) < 4.78 is 42.0. The summed E-state index contributed by atoms with van der Waals surface area (Å²) in [5.41, 5.74) is 0.873. The fourth-order valence-electron chi connectivity index (χ4n) is 3.06. The molecule has 0 atom stereocenters. The molecule has 2 aromatic carbocycles. The van der Waals surface area contributed by atoms with Gasteiger partial charge in [-0.2, -0.15) is 0 Å². The van der Waals surface area contributed by atoms with Crippen LogP contribution in [0.4, 0.5) is 0 Å². The maximum absolute atomic E-state index is 13.1. The largest absolute Gasteiger partial charge is 0.780 e. The van der Waals surface area contributed by atoms with Crippen LogP contribution in [0.5, 0.6) is 34.5 Å². The van der Waals surface area contributed by atoms with Crippen LogP contribution in [0.3, 0.4) is 0 Å². The molecule has 11 heteroatoms. The number of hydrogen-bond donors (Lipinski definition) is 0. The van der Waals surface area contributed by atoms with Gasteiger partial charge in [0, 0.05) is 22.8 Å². The molecule has 0 bridgehead atoms. The third-order valence-electron chi connectivity index (χ3n) is 4.44. The van der Waals surface area contributed by atoms with E-state index in [-0.39, 0.29) is 35.0 Å². The first-order valence-corrected chi connectivity index (χ1v) is 10.3. The monoisotopic (exact) mass is 450 g/mol. The summed E-state index contributed by atoms with van der Waals surface area (Å²) >= 11 is 0. The Kier molecular flexibility index (Phi) is 6.45. The molecule has 0 amide bonds. The number of fused-ring (bicyclic) bond motifs is 1. The van der Waals surface area contributed by atoms with Gasteiger partial charge in [0.2, 0.25) is 5.75 Å². The van der Waals surface area contributed by atoms with Crippen molar-refractivity contribution in [2.45, 2.75) is 0 Å².